The van der Waals surface area contributed by atoms with Gasteiger partial charge in [0.05, 0.1) is 24.3 Å². The first kappa shape index (κ1) is 23.4. The summed E-state index contributed by atoms with van der Waals surface area (Å²) in [5, 5.41) is 3.50. The van der Waals surface area contributed by atoms with E-state index in [2.05, 4.69) is 48.1 Å². The van der Waals surface area contributed by atoms with Gasteiger partial charge in [0.25, 0.3) is 0 Å². The van der Waals surface area contributed by atoms with E-state index in [0.717, 1.165) is 60.6 Å². The summed E-state index contributed by atoms with van der Waals surface area (Å²) >= 11 is 7.10. The Kier molecular flexibility index (Phi) is 13.0. The number of rotatable bonds is 7. The van der Waals surface area contributed by atoms with E-state index in [9.17, 15) is 0 Å². The van der Waals surface area contributed by atoms with Gasteiger partial charge in [-0.3, -0.25) is 4.90 Å². The van der Waals surface area contributed by atoms with E-state index >= 15 is 0 Å². The Morgan fingerprint density at radius 1 is 1.22 bits per heavy atom. The molecule has 1 fully saturated rings. The fourth-order valence-corrected chi connectivity index (χ4v) is 3.76. The van der Waals surface area contributed by atoms with Crippen molar-refractivity contribution in [3.63, 3.8) is 0 Å². The highest BCUT2D eigenvalue weighted by atomic mass is 79.9. The molecule has 134 valence electrons. The molecule has 1 aliphatic heterocycles. The maximum atomic E-state index is 5.74. The Morgan fingerprint density at radius 3 is 2.57 bits per heavy atom. The first-order chi connectivity index (χ1) is 10.2. The Hall–Kier alpha value is 0.440. The summed E-state index contributed by atoms with van der Waals surface area (Å²) in [6.45, 7) is 9.28. The zero-order valence-corrected chi connectivity index (χ0v) is 18.0. The quantitative estimate of drug-likeness (QED) is 0.583. The van der Waals surface area contributed by atoms with Gasteiger partial charge in [0.2, 0.25) is 0 Å². The van der Waals surface area contributed by atoms with Crippen LogP contribution in [0.3, 0.4) is 0 Å². The Labute approximate surface area is 167 Å². The number of nitrogens with one attached hydrogen (secondary N) is 1. The number of ether oxygens (including phenoxy) is 2. The minimum atomic E-state index is 0. The zero-order chi connectivity index (χ0) is 15.1. The summed E-state index contributed by atoms with van der Waals surface area (Å²) in [4.78, 5) is 2.43. The van der Waals surface area contributed by atoms with Gasteiger partial charge in [0.1, 0.15) is 5.75 Å². The van der Waals surface area contributed by atoms with Crippen molar-refractivity contribution < 1.29 is 9.47 Å². The number of hydrogen-bond acceptors (Lipinski definition) is 4. The van der Waals surface area contributed by atoms with E-state index in [-0.39, 0.29) is 24.8 Å². The van der Waals surface area contributed by atoms with E-state index in [4.69, 9.17) is 9.47 Å². The van der Waals surface area contributed by atoms with Crippen LogP contribution >= 0.6 is 56.7 Å². The van der Waals surface area contributed by atoms with Gasteiger partial charge >= 0.3 is 0 Å². The molecule has 0 spiro atoms. The molecule has 1 aromatic carbocycles. The molecule has 0 atom stereocenters. The third-order valence-corrected chi connectivity index (χ3v) is 4.44. The van der Waals surface area contributed by atoms with Gasteiger partial charge in [-0.15, -0.1) is 24.8 Å². The second-order valence-corrected chi connectivity index (χ2v) is 6.71. The van der Waals surface area contributed by atoms with E-state index in [1.165, 1.54) is 5.56 Å². The molecular formula is C15H24Br2Cl2N2O2. The summed E-state index contributed by atoms with van der Waals surface area (Å²) in [7, 11) is 0. The normalized spacial score (nSPS) is 14.7. The Balaban J connectivity index is 0.00000242. The Bertz CT molecular complexity index is 461. The molecule has 1 aromatic rings. The highest BCUT2D eigenvalue weighted by Gasteiger charge is 2.11. The summed E-state index contributed by atoms with van der Waals surface area (Å²) in [5.41, 5.74) is 1.17. The number of hydrogen-bond donors (Lipinski definition) is 1. The van der Waals surface area contributed by atoms with E-state index in [1.807, 2.05) is 13.0 Å². The molecule has 0 aromatic heterocycles. The van der Waals surface area contributed by atoms with Crippen LogP contribution in [0.5, 0.6) is 5.75 Å². The molecule has 0 saturated carbocycles. The predicted octanol–water partition coefficient (Wildman–Crippen LogP) is 3.88. The minimum absolute atomic E-state index is 0. The van der Waals surface area contributed by atoms with Crippen molar-refractivity contribution in [3.05, 3.63) is 26.6 Å². The molecule has 1 aliphatic rings. The summed E-state index contributed by atoms with van der Waals surface area (Å²) < 4.78 is 13.1. The molecule has 4 nitrogen and oxygen atoms in total. The van der Waals surface area contributed by atoms with Gasteiger partial charge in [-0.05, 0) is 35.0 Å². The molecule has 2 rings (SSSR count). The highest BCUT2D eigenvalue weighted by molar-refractivity contribution is 9.11. The number of nitrogens with zero attached hydrogens (tertiary/aromatic N) is 1. The molecule has 0 radical (unpaired) electrons. The molecule has 0 amide bonds. The molecule has 8 heteroatoms. The maximum absolute atomic E-state index is 5.74. The van der Waals surface area contributed by atoms with Crippen molar-refractivity contribution >= 4 is 56.7 Å². The average Bonchev–Trinajstić information content (AvgIpc) is 2.48. The van der Waals surface area contributed by atoms with E-state index < -0.39 is 0 Å². The molecule has 1 N–H and O–H groups in total. The standard InChI is InChI=1S/C15H22Br2N2O2.2ClH/c1-2-21-15-12(9-13(16)10-14(15)17)11-18-3-4-19-5-7-20-8-6-19;;/h9-10,18H,2-8,11H2,1H3;2*1H. The molecule has 1 saturated heterocycles. The molecule has 0 bridgehead atoms. The molecular weight excluding hydrogens is 471 g/mol. The lowest BCUT2D eigenvalue weighted by atomic mass is 10.2. The lowest BCUT2D eigenvalue weighted by Crippen LogP contribution is -2.40. The highest BCUT2D eigenvalue weighted by Crippen LogP contribution is 2.32. The molecule has 1 heterocycles. The SMILES string of the molecule is CCOc1c(Br)cc(Br)cc1CNCCN1CCOCC1.Cl.Cl. The van der Waals surface area contributed by atoms with Crippen LogP contribution < -0.4 is 10.1 Å². The van der Waals surface area contributed by atoms with Crippen LogP contribution in [0.1, 0.15) is 12.5 Å². The van der Waals surface area contributed by atoms with Gasteiger partial charge < -0.3 is 14.8 Å². The average molecular weight is 495 g/mol. The van der Waals surface area contributed by atoms with Crippen LogP contribution in [0.4, 0.5) is 0 Å². The van der Waals surface area contributed by atoms with Gasteiger partial charge in [-0.25, -0.2) is 0 Å². The van der Waals surface area contributed by atoms with Gasteiger partial charge in [-0.1, -0.05) is 15.9 Å². The van der Waals surface area contributed by atoms with E-state index in [0.29, 0.717) is 6.61 Å². The van der Waals surface area contributed by atoms with Crippen molar-refractivity contribution in [2.75, 3.05) is 46.0 Å². The second kappa shape index (κ2) is 12.8. The number of morpholine rings is 1. The maximum Gasteiger partial charge on any atom is 0.138 e. The van der Waals surface area contributed by atoms with Crippen molar-refractivity contribution in [2.24, 2.45) is 0 Å². The summed E-state index contributed by atoms with van der Waals surface area (Å²) in [6.07, 6.45) is 0. The third-order valence-electron chi connectivity index (χ3n) is 3.40. The minimum Gasteiger partial charge on any atom is -0.492 e. The third kappa shape index (κ3) is 7.90. The fourth-order valence-electron chi connectivity index (χ4n) is 2.34. The molecule has 0 unspecified atom stereocenters. The van der Waals surface area contributed by atoms with Crippen molar-refractivity contribution in [2.45, 2.75) is 13.5 Å². The topological polar surface area (TPSA) is 33.7 Å². The first-order valence-corrected chi connectivity index (χ1v) is 8.91. The first-order valence-electron chi connectivity index (χ1n) is 7.32. The zero-order valence-electron chi connectivity index (χ0n) is 13.1. The van der Waals surface area contributed by atoms with Crippen LogP contribution in [0, 0.1) is 0 Å². The predicted molar refractivity (Wildman–Crippen MR) is 106 cm³/mol. The van der Waals surface area contributed by atoms with Crippen LogP contribution in [0.15, 0.2) is 21.1 Å². The van der Waals surface area contributed by atoms with E-state index in [1.54, 1.807) is 0 Å². The number of benzene rings is 1. The summed E-state index contributed by atoms with van der Waals surface area (Å²) in [5.74, 6) is 0.930. The lowest BCUT2D eigenvalue weighted by molar-refractivity contribution is 0.0384. The molecule has 23 heavy (non-hydrogen) atoms. The number of halogens is 4. The van der Waals surface area contributed by atoms with Gasteiger partial charge in [-0.2, -0.15) is 0 Å². The molecule has 0 aliphatic carbocycles. The van der Waals surface area contributed by atoms with Crippen molar-refractivity contribution in [3.8, 4) is 5.75 Å². The smallest absolute Gasteiger partial charge is 0.138 e. The lowest BCUT2D eigenvalue weighted by Gasteiger charge is -2.26. The second-order valence-electron chi connectivity index (χ2n) is 4.94. The van der Waals surface area contributed by atoms with Crippen LogP contribution in [-0.2, 0) is 11.3 Å². The Morgan fingerprint density at radius 2 is 1.91 bits per heavy atom. The van der Waals surface area contributed by atoms with Crippen LogP contribution in [-0.4, -0.2) is 50.9 Å². The van der Waals surface area contributed by atoms with Crippen LogP contribution in [0.25, 0.3) is 0 Å². The van der Waals surface area contributed by atoms with Crippen molar-refractivity contribution in [1.29, 1.82) is 0 Å². The monoisotopic (exact) mass is 492 g/mol. The van der Waals surface area contributed by atoms with Crippen LogP contribution in [0.2, 0.25) is 0 Å². The van der Waals surface area contributed by atoms with Crippen molar-refractivity contribution in [1.82, 2.24) is 10.2 Å². The largest absolute Gasteiger partial charge is 0.492 e. The van der Waals surface area contributed by atoms with Gasteiger partial charge in [0, 0.05) is 42.8 Å². The fraction of sp³-hybridized carbons (Fsp3) is 0.600. The summed E-state index contributed by atoms with van der Waals surface area (Å²) in [6, 6.07) is 4.12. The van der Waals surface area contributed by atoms with Gasteiger partial charge in [0.15, 0.2) is 0 Å².